The molecule has 0 heterocycles. The van der Waals surface area contributed by atoms with Gasteiger partial charge in [0.05, 0.1) is 0 Å². The lowest BCUT2D eigenvalue weighted by molar-refractivity contribution is -0.147. The van der Waals surface area contributed by atoms with E-state index in [1.165, 1.54) is 77.6 Å². The lowest BCUT2D eigenvalue weighted by Crippen LogP contribution is -2.18. The second-order valence-electron chi connectivity index (χ2n) is 7.99. The van der Waals surface area contributed by atoms with Crippen LogP contribution in [0.5, 0.6) is 0 Å². The van der Waals surface area contributed by atoms with Crippen LogP contribution in [-0.4, -0.2) is 12.1 Å². The minimum Gasteiger partial charge on any atom is -0.463 e. The predicted molar refractivity (Wildman–Crippen MR) is 121 cm³/mol. The van der Waals surface area contributed by atoms with Gasteiger partial charge in [-0.25, -0.2) is 0 Å². The summed E-state index contributed by atoms with van der Waals surface area (Å²) in [5.74, 6) is 1.79. The fourth-order valence-corrected chi connectivity index (χ4v) is 3.33. The van der Waals surface area contributed by atoms with E-state index in [1.54, 1.807) is 0 Å². The SMILES string of the molecule is C=CCCC(C)CC.CC.CC(=O)OC1CCCCC1.CC1CCCCC1. The number of carbonyl (C=O) groups excluding carboxylic acids is 1. The third-order valence-corrected chi connectivity index (χ3v) is 5.34. The van der Waals surface area contributed by atoms with Crippen LogP contribution in [0.4, 0.5) is 0 Å². The monoisotopic (exact) mass is 382 g/mol. The summed E-state index contributed by atoms with van der Waals surface area (Å²) in [7, 11) is 0. The lowest BCUT2D eigenvalue weighted by atomic mass is 9.91. The van der Waals surface area contributed by atoms with Crippen molar-refractivity contribution in [2.75, 3.05) is 0 Å². The molecule has 0 bridgehead atoms. The van der Waals surface area contributed by atoms with E-state index in [0.717, 1.165) is 24.7 Å². The summed E-state index contributed by atoms with van der Waals surface area (Å²) < 4.78 is 5.05. The van der Waals surface area contributed by atoms with Gasteiger partial charge in [-0.2, -0.15) is 0 Å². The zero-order chi connectivity index (χ0) is 20.9. The smallest absolute Gasteiger partial charge is 0.302 e. The van der Waals surface area contributed by atoms with E-state index in [-0.39, 0.29) is 12.1 Å². The molecule has 27 heavy (non-hydrogen) atoms. The molecule has 2 aliphatic rings. The maximum Gasteiger partial charge on any atom is 0.302 e. The molecule has 0 radical (unpaired) electrons. The number of ether oxygens (including phenoxy) is 1. The summed E-state index contributed by atoms with van der Waals surface area (Å²) in [6, 6.07) is 0. The molecule has 0 aromatic carbocycles. The van der Waals surface area contributed by atoms with Gasteiger partial charge in [-0.05, 0) is 50.4 Å². The third-order valence-electron chi connectivity index (χ3n) is 5.34. The highest BCUT2D eigenvalue weighted by Gasteiger charge is 2.14. The molecule has 1 atom stereocenters. The van der Waals surface area contributed by atoms with Crippen LogP contribution >= 0.6 is 0 Å². The average molecular weight is 383 g/mol. The molecule has 2 aliphatic carbocycles. The molecule has 0 amide bonds. The van der Waals surface area contributed by atoms with Gasteiger partial charge in [0.2, 0.25) is 0 Å². The van der Waals surface area contributed by atoms with Gasteiger partial charge in [0, 0.05) is 6.92 Å². The Kier molecular flexibility index (Phi) is 22.6. The molecular formula is C25H50O2. The molecule has 2 nitrogen and oxygen atoms in total. The highest BCUT2D eigenvalue weighted by Crippen LogP contribution is 2.22. The molecule has 0 spiro atoms. The van der Waals surface area contributed by atoms with Crippen molar-refractivity contribution in [3.63, 3.8) is 0 Å². The Bertz CT molecular complexity index is 312. The van der Waals surface area contributed by atoms with Crippen LogP contribution < -0.4 is 0 Å². The van der Waals surface area contributed by atoms with Gasteiger partial charge in [-0.3, -0.25) is 4.79 Å². The van der Waals surface area contributed by atoms with Crippen molar-refractivity contribution in [1.82, 2.24) is 0 Å². The summed E-state index contributed by atoms with van der Waals surface area (Å²) in [6.07, 6.45) is 19.3. The van der Waals surface area contributed by atoms with E-state index in [9.17, 15) is 4.79 Å². The largest absolute Gasteiger partial charge is 0.463 e. The Hall–Kier alpha value is -0.790. The first-order chi connectivity index (χ1) is 13.0. The van der Waals surface area contributed by atoms with Crippen molar-refractivity contribution >= 4 is 5.97 Å². The van der Waals surface area contributed by atoms with Crippen LogP contribution in [0, 0.1) is 11.8 Å². The second-order valence-corrected chi connectivity index (χ2v) is 7.99. The highest BCUT2D eigenvalue weighted by molar-refractivity contribution is 5.66. The molecule has 2 heteroatoms. The van der Waals surface area contributed by atoms with E-state index >= 15 is 0 Å². The van der Waals surface area contributed by atoms with Gasteiger partial charge in [-0.1, -0.05) is 85.6 Å². The van der Waals surface area contributed by atoms with E-state index in [0.29, 0.717) is 0 Å². The van der Waals surface area contributed by atoms with Gasteiger partial charge in [-0.15, -0.1) is 6.58 Å². The quantitative estimate of drug-likeness (QED) is 0.352. The maximum absolute atomic E-state index is 10.5. The number of rotatable bonds is 5. The molecule has 0 N–H and O–H groups in total. The van der Waals surface area contributed by atoms with Crippen molar-refractivity contribution in [1.29, 1.82) is 0 Å². The molecule has 2 fully saturated rings. The molecule has 0 saturated heterocycles. The van der Waals surface area contributed by atoms with Crippen molar-refractivity contribution < 1.29 is 9.53 Å². The first-order valence-electron chi connectivity index (χ1n) is 11.8. The van der Waals surface area contributed by atoms with Crippen molar-refractivity contribution in [2.24, 2.45) is 11.8 Å². The molecule has 1 unspecified atom stereocenters. The van der Waals surface area contributed by atoms with Crippen LogP contribution in [-0.2, 0) is 9.53 Å². The molecule has 0 aromatic rings. The van der Waals surface area contributed by atoms with E-state index < -0.39 is 0 Å². The Balaban J connectivity index is 0. The Labute approximate surface area is 171 Å². The molecule has 2 rings (SSSR count). The van der Waals surface area contributed by atoms with Gasteiger partial charge < -0.3 is 4.74 Å². The minimum absolute atomic E-state index is 0.132. The van der Waals surface area contributed by atoms with Crippen LogP contribution in [0.1, 0.15) is 125 Å². The van der Waals surface area contributed by atoms with Crippen molar-refractivity contribution in [3.8, 4) is 0 Å². The van der Waals surface area contributed by atoms with Gasteiger partial charge in [0.15, 0.2) is 0 Å². The molecular weight excluding hydrogens is 332 g/mol. The fraction of sp³-hybridized carbons (Fsp3) is 0.880. The standard InChI is InChI=1S/C8H14O2.C8H16.C7H14.C2H6/c1-7(9)10-8-5-3-2-4-6-8;1-4-6-7-8(3)5-2;1-7-5-3-2-4-6-7;1-2/h8H,2-6H2,1H3;4,8H,1,5-7H2,2-3H3;7H,2-6H2,1H3;1-2H3. The number of hydrogen-bond donors (Lipinski definition) is 0. The molecule has 0 aliphatic heterocycles. The van der Waals surface area contributed by atoms with E-state index in [1.807, 2.05) is 19.9 Å². The first kappa shape index (κ1) is 28.4. The molecule has 2 saturated carbocycles. The van der Waals surface area contributed by atoms with Crippen LogP contribution in [0.25, 0.3) is 0 Å². The predicted octanol–water partition coefficient (Wildman–Crippen LogP) is 8.49. The Morgan fingerprint density at radius 3 is 1.85 bits per heavy atom. The van der Waals surface area contributed by atoms with Gasteiger partial charge in [0.1, 0.15) is 6.10 Å². The lowest BCUT2D eigenvalue weighted by Gasteiger charge is -2.20. The summed E-state index contributed by atoms with van der Waals surface area (Å²) in [4.78, 5) is 10.5. The van der Waals surface area contributed by atoms with Crippen LogP contribution in [0.2, 0.25) is 0 Å². The molecule has 0 aromatic heterocycles. The third kappa shape index (κ3) is 21.4. The minimum atomic E-state index is -0.132. The number of hydrogen-bond acceptors (Lipinski definition) is 2. The van der Waals surface area contributed by atoms with Gasteiger partial charge >= 0.3 is 5.97 Å². The van der Waals surface area contributed by atoms with E-state index in [2.05, 4.69) is 27.4 Å². The summed E-state index contributed by atoms with van der Waals surface area (Å²) in [5.41, 5.74) is 0. The average Bonchev–Trinajstić information content (AvgIpc) is 2.69. The summed E-state index contributed by atoms with van der Waals surface area (Å²) >= 11 is 0. The summed E-state index contributed by atoms with van der Waals surface area (Å²) in [5, 5.41) is 0. The zero-order valence-corrected chi connectivity index (χ0v) is 19.5. The second kappa shape index (κ2) is 21.5. The number of esters is 1. The highest BCUT2D eigenvalue weighted by atomic mass is 16.5. The fourth-order valence-electron chi connectivity index (χ4n) is 3.33. The molecule has 162 valence electrons. The van der Waals surface area contributed by atoms with Crippen LogP contribution in [0.3, 0.4) is 0 Å². The van der Waals surface area contributed by atoms with Gasteiger partial charge in [0.25, 0.3) is 0 Å². The Morgan fingerprint density at radius 1 is 1.04 bits per heavy atom. The first-order valence-corrected chi connectivity index (χ1v) is 11.8. The van der Waals surface area contributed by atoms with Crippen molar-refractivity contribution in [3.05, 3.63) is 12.7 Å². The topological polar surface area (TPSA) is 26.3 Å². The van der Waals surface area contributed by atoms with Crippen LogP contribution in [0.15, 0.2) is 12.7 Å². The zero-order valence-electron chi connectivity index (χ0n) is 19.5. The number of allylic oxidation sites excluding steroid dienone is 1. The maximum atomic E-state index is 10.5. The van der Waals surface area contributed by atoms with Crippen molar-refractivity contribution in [2.45, 2.75) is 131 Å². The number of carbonyl (C=O) groups is 1. The summed E-state index contributed by atoms with van der Waals surface area (Å²) in [6.45, 7) is 16.0. The van der Waals surface area contributed by atoms with E-state index in [4.69, 9.17) is 4.74 Å². The normalized spacial score (nSPS) is 18.3. The Morgan fingerprint density at radius 2 is 1.52 bits per heavy atom.